The number of benzene rings is 1. The number of Topliss-reactive ketones (excluding diaryl/α,β-unsaturated/α-hetero) is 1. The second-order valence-electron chi connectivity index (χ2n) is 16.5. The number of nitrogens with two attached hydrogens (primary N) is 1. The van der Waals surface area contributed by atoms with E-state index in [0.717, 1.165) is 18.4 Å². The predicted molar refractivity (Wildman–Crippen MR) is 181 cm³/mol. The van der Waals surface area contributed by atoms with Crippen molar-refractivity contribution in [3.8, 4) is 5.75 Å². The van der Waals surface area contributed by atoms with Gasteiger partial charge in [0, 0.05) is 6.54 Å². The Kier molecular flexibility index (Phi) is 10.7. The molecule has 0 aromatic heterocycles. The molecular formula is C36H53N5O8. The Bertz CT molecular complexity index is 1460. The number of esters is 1. The van der Waals surface area contributed by atoms with Crippen LogP contribution in [0.5, 0.6) is 5.75 Å². The molecule has 1 aromatic carbocycles. The number of ketones is 1. The van der Waals surface area contributed by atoms with Crippen molar-refractivity contribution >= 4 is 35.5 Å². The van der Waals surface area contributed by atoms with Crippen molar-refractivity contribution in [1.29, 1.82) is 0 Å². The van der Waals surface area contributed by atoms with E-state index in [1.165, 1.54) is 4.90 Å². The summed E-state index contributed by atoms with van der Waals surface area (Å²) >= 11 is 0. The van der Waals surface area contributed by atoms with Crippen LogP contribution in [0.15, 0.2) is 24.3 Å². The molecule has 5 amide bonds. The van der Waals surface area contributed by atoms with Crippen molar-refractivity contribution in [2.75, 3.05) is 13.7 Å². The molecule has 0 spiro atoms. The summed E-state index contributed by atoms with van der Waals surface area (Å²) in [6.07, 6.45) is 2.12. The molecule has 3 fully saturated rings. The first-order valence-corrected chi connectivity index (χ1v) is 17.0. The van der Waals surface area contributed by atoms with Gasteiger partial charge in [-0.2, -0.15) is 0 Å². The second kappa shape index (κ2) is 14.0. The van der Waals surface area contributed by atoms with Crippen LogP contribution in [0.1, 0.15) is 80.2 Å². The Hall–Kier alpha value is -4.16. The number of methoxy groups -OCH3 is 1. The number of amides is 5. The maximum Gasteiger partial charge on any atom is 0.329 e. The number of ether oxygens (including phenoxy) is 2. The molecule has 0 bridgehead atoms. The Morgan fingerprint density at radius 2 is 1.49 bits per heavy atom. The van der Waals surface area contributed by atoms with Crippen LogP contribution in [0, 0.1) is 34.0 Å². The summed E-state index contributed by atoms with van der Waals surface area (Å²) in [4.78, 5) is 80.9. The van der Waals surface area contributed by atoms with Crippen LogP contribution in [0.25, 0.3) is 0 Å². The Balaban J connectivity index is 1.48. The van der Waals surface area contributed by atoms with Gasteiger partial charge in [0.15, 0.2) is 0 Å². The first kappa shape index (κ1) is 37.7. The fourth-order valence-electron chi connectivity index (χ4n) is 6.87. The van der Waals surface area contributed by atoms with Crippen LogP contribution in [0.3, 0.4) is 0 Å². The van der Waals surface area contributed by atoms with E-state index in [0.29, 0.717) is 18.7 Å². The van der Waals surface area contributed by atoms with E-state index in [9.17, 15) is 28.8 Å². The van der Waals surface area contributed by atoms with Gasteiger partial charge in [0.2, 0.25) is 17.6 Å². The van der Waals surface area contributed by atoms with Gasteiger partial charge in [-0.25, -0.2) is 9.59 Å². The van der Waals surface area contributed by atoms with E-state index in [4.69, 9.17) is 15.2 Å². The fourth-order valence-corrected chi connectivity index (χ4v) is 6.87. The number of carbonyl (C=O) groups excluding carboxylic acids is 6. The summed E-state index contributed by atoms with van der Waals surface area (Å²) < 4.78 is 10.7. The number of hydrogen-bond acceptors (Lipinski definition) is 8. The molecule has 1 saturated heterocycles. The van der Waals surface area contributed by atoms with Crippen molar-refractivity contribution in [3.63, 3.8) is 0 Å². The summed E-state index contributed by atoms with van der Waals surface area (Å²) in [6.45, 7) is 15.1. The van der Waals surface area contributed by atoms with Gasteiger partial charge in [-0.05, 0) is 58.1 Å². The molecule has 4 rings (SSSR count). The highest BCUT2D eigenvalue weighted by atomic mass is 16.5. The molecule has 13 nitrogen and oxygen atoms in total. The fraction of sp³-hybridized carbons (Fsp3) is 0.667. The van der Waals surface area contributed by atoms with Gasteiger partial charge in [0.25, 0.3) is 5.91 Å². The third-order valence-electron chi connectivity index (χ3n) is 10.2. The van der Waals surface area contributed by atoms with Crippen molar-refractivity contribution in [1.82, 2.24) is 20.9 Å². The van der Waals surface area contributed by atoms with Gasteiger partial charge in [-0.3, -0.25) is 19.2 Å². The van der Waals surface area contributed by atoms with E-state index in [2.05, 4.69) is 16.0 Å². The topological polar surface area (TPSA) is 186 Å². The van der Waals surface area contributed by atoms with Crippen molar-refractivity contribution in [2.24, 2.45) is 39.7 Å². The zero-order valence-corrected chi connectivity index (χ0v) is 30.2. The van der Waals surface area contributed by atoms with Crippen LogP contribution in [-0.2, 0) is 35.3 Å². The number of primary amides is 1. The van der Waals surface area contributed by atoms with Gasteiger partial charge >= 0.3 is 12.0 Å². The van der Waals surface area contributed by atoms with Crippen LogP contribution in [0.4, 0.5) is 4.79 Å². The molecule has 0 radical (unpaired) electrons. The van der Waals surface area contributed by atoms with E-state index in [-0.39, 0.29) is 29.8 Å². The summed E-state index contributed by atoms with van der Waals surface area (Å²) in [5, 5.41) is 8.26. The lowest BCUT2D eigenvalue weighted by Crippen LogP contribution is -2.62. The lowest BCUT2D eigenvalue weighted by atomic mass is 9.85. The maximum absolute atomic E-state index is 14.3. The monoisotopic (exact) mass is 683 g/mol. The minimum atomic E-state index is -1.11. The lowest BCUT2D eigenvalue weighted by molar-refractivity contribution is -0.150. The van der Waals surface area contributed by atoms with Crippen LogP contribution >= 0.6 is 0 Å². The van der Waals surface area contributed by atoms with Gasteiger partial charge < -0.3 is 36.1 Å². The molecule has 6 atom stereocenters. The molecule has 1 unspecified atom stereocenters. The number of nitrogens with zero attached hydrogens (tertiary/aromatic N) is 1. The number of nitrogens with one attached hydrogen (secondary N) is 3. The van der Waals surface area contributed by atoms with Crippen molar-refractivity contribution in [3.05, 3.63) is 29.8 Å². The van der Waals surface area contributed by atoms with E-state index in [1.807, 2.05) is 13.8 Å². The lowest BCUT2D eigenvalue weighted by Gasteiger charge is -2.38. The van der Waals surface area contributed by atoms with Crippen LogP contribution < -0.4 is 26.4 Å². The molecule has 13 heteroatoms. The number of carbonyl (C=O) groups is 6. The number of fused-ring (bicyclic) bond motifs is 1. The highest BCUT2D eigenvalue weighted by Gasteiger charge is 2.70. The molecule has 270 valence electrons. The number of hydrogen-bond donors (Lipinski definition) is 4. The quantitative estimate of drug-likeness (QED) is 0.181. The van der Waals surface area contributed by atoms with Gasteiger partial charge in [-0.1, -0.05) is 80.4 Å². The Morgan fingerprint density at radius 1 is 0.918 bits per heavy atom. The van der Waals surface area contributed by atoms with E-state index >= 15 is 0 Å². The molecule has 5 N–H and O–H groups in total. The van der Waals surface area contributed by atoms with Crippen LogP contribution in [0.2, 0.25) is 0 Å². The van der Waals surface area contributed by atoms with Crippen molar-refractivity contribution in [2.45, 2.75) is 105 Å². The van der Waals surface area contributed by atoms with Gasteiger partial charge in [-0.15, -0.1) is 0 Å². The molecule has 1 heterocycles. The standard InChI is InChI=1S/C36H53N5O8/c1-34(2,3)27(39-33(47)40-28(35(4,5)6)32(46)49-18-20-12-14-21(48-9)15-13-20)31(45)41-17-22-24(36(22,7)8)25(41)30(44)38-23(16-19-10-11-19)26(42)29(37)43/h12-15,19,22-25,27-28H,10-11,16-18H2,1-9H3,(H2,37,43)(H,38,44)(H2,39,40,47)/t22-,23?,24-,25-,27+,28+/m0/s1. The minimum Gasteiger partial charge on any atom is -0.497 e. The molecular weight excluding hydrogens is 630 g/mol. The SMILES string of the molecule is COc1ccc(COC(=O)[C@@H](NC(=O)N[C@H](C(=O)N2C[C@H]3[C@@H]([C@H]2C(=O)NC(CC2CC2)C(=O)C(N)=O)C3(C)C)C(C)(C)C)C(C)(C)C)cc1. The summed E-state index contributed by atoms with van der Waals surface area (Å²) in [6, 6.07) is 2.24. The zero-order valence-electron chi connectivity index (χ0n) is 30.2. The minimum absolute atomic E-state index is 0.00848. The smallest absolute Gasteiger partial charge is 0.329 e. The third kappa shape index (κ3) is 8.72. The summed E-state index contributed by atoms with van der Waals surface area (Å²) in [7, 11) is 1.56. The van der Waals surface area contributed by atoms with Gasteiger partial charge in [0.1, 0.15) is 30.5 Å². The van der Waals surface area contributed by atoms with E-state index in [1.54, 1.807) is 72.9 Å². The average Bonchev–Trinajstić information content (AvgIpc) is 3.86. The van der Waals surface area contributed by atoms with Crippen molar-refractivity contribution < 1.29 is 38.2 Å². The molecule has 49 heavy (non-hydrogen) atoms. The third-order valence-corrected chi connectivity index (χ3v) is 10.2. The highest BCUT2D eigenvalue weighted by Crippen LogP contribution is 2.65. The second-order valence-corrected chi connectivity index (χ2v) is 16.5. The molecule has 1 aromatic rings. The molecule has 2 aliphatic carbocycles. The number of piperidine rings is 1. The van der Waals surface area contributed by atoms with Gasteiger partial charge in [0.05, 0.1) is 13.2 Å². The molecule has 3 aliphatic rings. The first-order valence-electron chi connectivity index (χ1n) is 17.0. The first-order chi connectivity index (χ1) is 22.7. The number of likely N-dealkylation sites (tertiary alicyclic amines) is 1. The highest BCUT2D eigenvalue weighted by molar-refractivity contribution is 6.37. The maximum atomic E-state index is 14.3. The molecule has 2 saturated carbocycles. The number of rotatable bonds is 13. The Morgan fingerprint density at radius 3 is 2.00 bits per heavy atom. The largest absolute Gasteiger partial charge is 0.497 e. The van der Waals surface area contributed by atoms with Crippen LogP contribution in [-0.4, -0.2) is 78.2 Å². The number of urea groups is 1. The Labute approximate surface area is 288 Å². The summed E-state index contributed by atoms with van der Waals surface area (Å²) in [5.74, 6) is -2.81. The normalized spacial score (nSPS) is 22.9. The molecule has 1 aliphatic heterocycles. The summed E-state index contributed by atoms with van der Waals surface area (Å²) in [5.41, 5.74) is 4.30. The van der Waals surface area contributed by atoms with E-state index < -0.39 is 70.5 Å². The average molecular weight is 684 g/mol. The zero-order chi connectivity index (χ0) is 36.6. The predicted octanol–water partition coefficient (Wildman–Crippen LogP) is 2.69.